The summed E-state index contributed by atoms with van der Waals surface area (Å²) in [5.41, 5.74) is 0.0616. The molecule has 0 saturated carbocycles. The first-order valence-electron chi connectivity index (χ1n) is 3.42. The molecule has 1 N–H and O–H groups in total. The van der Waals surface area contributed by atoms with Crippen LogP contribution in [0.3, 0.4) is 0 Å². The van der Waals surface area contributed by atoms with Crippen molar-refractivity contribution in [1.82, 2.24) is 0 Å². The average molecular weight is 180 g/mol. The molecule has 0 aliphatic carbocycles. The van der Waals surface area contributed by atoms with E-state index in [1.165, 1.54) is 6.07 Å². The second kappa shape index (κ2) is 3.22. The Labute approximate surface area is 73.8 Å². The quantitative estimate of drug-likeness (QED) is 0.545. The third-order valence-corrected chi connectivity index (χ3v) is 1.63. The second-order valence-electron chi connectivity index (χ2n) is 2.52. The Morgan fingerprint density at radius 2 is 2.15 bits per heavy atom. The number of nitrogens with zero attached hydrogens (tertiary/aromatic N) is 1. The minimum atomic E-state index is -0.754. The van der Waals surface area contributed by atoms with Gasteiger partial charge in [0.05, 0.1) is 4.92 Å². The molecule has 0 spiro atoms. The van der Waals surface area contributed by atoms with Crippen LogP contribution in [0, 0.1) is 17.0 Å². The Bertz CT molecular complexity index is 373. The zero-order valence-corrected chi connectivity index (χ0v) is 6.77. The number of nitro benzene ring substituents is 1. The number of aryl methyl sites for hydroxylation is 1. The summed E-state index contributed by atoms with van der Waals surface area (Å²) in [5.74, 6) is -0.443. The molecule has 5 nitrogen and oxygen atoms in total. The van der Waals surface area contributed by atoms with E-state index in [4.69, 9.17) is 5.11 Å². The number of phenolic OH excluding ortho intramolecular Hbond substituents is 1. The molecule has 1 aromatic rings. The monoisotopic (exact) mass is 180 g/mol. The molecular formula is C8H6NO4. The summed E-state index contributed by atoms with van der Waals surface area (Å²) in [6.45, 7) is 1.56. The highest BCUT2D eigenvalue weighted by atomic mass is 16.6. The molecule has 1 rings (SSSR count). The maximum Gasteiger partial charge on any atom is 0.311 e. The van der Waals surface area contributed by atoms with Crippen LogP contribution >= 0.6 is 0 Å². The highest BCUT2D eigenvalue weighted by Crippen LogP contribution is 2.27. The zero-order chi connectivity index (χ0) is 10.0. The van der Waals surface area contributed by atoms with Gasteiger partial charge in [-0.05, 0) is 18.6 Å². The third kappa shape index (κ3) is 1.64. The van der Waals surface area contributed by atoms with Gasteiger partial charge in [-0.15, -0.1) is 0 Å². The molecule has 1 aromatic carbocycles. The van der Waals surface area contributed by atoms with Crippen molar-refractivity contribution in [1.29, 1.82) is 0 Å². The molecular weight excluding hydrogens is 174 g/mol. The van der Waals surface area contributed by atoms with Crippen LogP contribution < -0.4 is 0 Å². The number of nitro groups is 1. The topological polar surface area (TPSA) is 80.4 Å². The first kappa shape index (κ1) is 9.18. The Kier molecular flexibility index (Phi) is 2.27. The van der Waals surface area contributed by atoms with Crippen molar-refractivity contribution < 1.29 is 14.8 Å². The van der Waals surface area contributed by atoms with Crippen molar-refractivity contribution in [2.24, 2.45) is 0 Å². The molecule has 0 heterocycles. The lowest BCUT2D eigenvalue weighted by atomic mass is 10.1. The predicted molar refractivity (Wildman–Crippen MR) is 44.3 cm³/mol. The zero-order valence-electron chi connectivity index (χ0n) is 6.77. The van der Waals surface area contributed by atoms with Crippen molar-refractivity contribution in [3.63, 3.8) is 0 Å². The number of carbonyl (C=O) groups excluding carboxylic acids is 1. The molecule has 0 amide bonds. The van der Waals surface area contributed by atoms with Gasteiger partial charge >= 0.3 is 5.69 Å². The fraction of sp³-hybridized carbons (Fsp3) is 0.125. The molecule has 67 valence electrons. The van der Waals surface area contributed by atoms with Crippen LogP contribution in [0.2, 0.25) is 0 Å². The number of hydrogen-bond acceptors (Lipinski definition) is 4. The van der Waals surface area contributed by atoms with Gasteiger partial charge in [-0.1, -0.05) is 0 Å². The maximum absolute atomic E-state index is 10.3. The van der Waals surface area contributed by atoms with Crippen LogP contribution in [0.25, 0.3) is 0 Å². The lowest BCUT2D eigenvalue weighted by Crippen LogP contribution is -1.93. The molecule has 0 aromatic heterocycles. The number of phenols is 1. The second-order valence-corrected chi connectivity index (χ2v) is 2.52. The molecule has 5 heteroatoms. The molecule has 0 bridgehead atoms. The van der Waals surface area contributed by atoms with Gasteiger partial charge in [0.1, 0.15) is 0 Å². The maximum atomic E-state index is 10.3. The molecule has 13 heavy (non-hydrogen) atoms. The van der Waals surface area contributed by atoms with E-state index in [2.05, 4.69) is 0 Å². The lowest BCUT2D eigenvalue weighted by Gasteiger charge is -1.99. The van der Waals surface area contributed by atoms with Crippen LogP contribution in [0.5, 0.6) is 5.75 Å². The third-order valence-electron chi connectivity index (χ3n) is 1.63. The van der Waals surface area contributed by atoms with Gasteiger partial charge in [0.15, 0.2) is 5.75 Å². The number of aromatic hydroxyl groups is 1. The fourth-order valence-corrected chi connectivity index (χ4v) is 0.937. The van der Waals surface area contributed by atoms with Crippen LogP contribution in [-0.2, 0) is 4.79 Å². The van der Waals surface area contributed by atoms with E-state index in [9.17, 15) is 14.9 Å². The van der Waals surface area contributed by atoms with E-state index >= 15 is 0 Å². The molecule has 0 aliphatic heterocycles. The van der Waals surface area contributed by atoms with Crippen molar-refractivity contribution in [3.05, 3.63) is 33.4 Å². The van der Waals surface area contributed by atoms with Crippen LogP contribution in [0.1, 0.15) is 11.1 Å². The molecule has 0 unspecified atom stereocenters. The van der Waals surface area contributed by atoms with E-state index in [0.717, 1.165) is 6.07 Å². The number of rotatable bonds is 2. The highest BCUT2D eigenvalue weighted by molar-refractivity contribution is 5.80. The Morgan fingerprint density at radius 1 is 1.54 bits per heavy atom. The Hall–Kier alpha value is -1.91. The summed E-state index contributed by atoms with van der Waals surface area (Å²) in [6.07, 6.45) is 1.55. The van der Waals surface area contributed by atoms with Gasteiger partial charge in [-0.2, -0.15) is 0 Å². The van der Waals surface area contributed by atoms with E-state index in [1.54, 1.807) is 13.2 Å². The van der Waals surface area contributed by atoms with E-state index in [-0.39, 0.29) is 5.56 Å². The van der Waals surface area contributed by atoms with E-state index < -0.39 is 16.4 Å². The number of benzene rings is 1. The normalized spacial score (nSPS) is 9.62. The van der Waals surface area contributed by atoms with Gasteiger partial charge < -0.3 is 5.11 Å². The minimum absolute atomic E-state index is 0.0875. The molecule has 0 aliphatic rings. The van der Waals surface area contributed by atoms with Gasteiger partial charge in [0, 0.05) is 11.6 Å². The summed E-state index contributed by atoms with van der Waals surface area (Å²) < 4.78 is 0. The standard InChI is InChI=1S/C8H6NO4/c1-5-2-8(11)7(9(12)13)3-6(5)4-10/h2-3,11H,1H3. The van der Waals surface area contributed by atoms with Crippen LogP contribution in [0.15, 0.2) is 12.1 Å². The first-order valence-corrected chi connectivity index (χ1v) is 3.42. The van der Waals surface area contributed by atoms with Crippen molar-refractivity contribution in [2.75, 3.05) is 0 Å². The lowest BCUT2D eigenvalue weighted by molar-refractivity contribution is -0.385. The average Bonchev–Trinajstić information content (AvgIpc) is 2.03. The summed E-state index contributed by atoms with van der Waals surface area (Å²) in [7, 11) is 0. The van der Waals surface area contributed by atoms with Crippen molar-refractivity contribution in [3.8, 4) is 5.75 Å². The molecule has 0 fully saturated rings. The van der Waals surface area contributed by atoms with Crippen molar-refractivity contribution >= 4 is 12.0 Å². The predicted octanol–water partition coefficient (Wildman–Crippen LogP) is 1.07. The highest BCUT2D eigenvalue weighted by Gasteiger charge is 2.15. The van der Waals surface area contributed by atoms with Gasteiger partial charge in [0.25, 0.3) is 0 Å². The van der Waals surface area contributed by atoms with E-state index in [1.807, 2.05) is 0 Å². The Balaban J connectivity index is 3.38. The smallest absolute Gasteiger partial charge is 0.311 e. The van der Waals surface area contributed by atoms with Crippen LogP contribution in [-0.4, -0.2) is 16.3 Å². The van der Waals surface area contributed by atoms with Gasteiger partial charge in [-0.25, -0.2) is 0 Å². The van der Waals surface area contributed by atoms with Gasteiger partial charge in [0.2, 0.25) is 6.29 Å². The summed E-state index contributed by atoms with van der Waals surface area (Å²) in [4.78, 5) is 19.8. The summed E-state index contributed by atoms with van der Waals surface area (Å²) in [6, 6.07) is 2.16. The van der Waals surface area contributed by atoms with Crippen LogP contribution in [0.4, 0.5) is 5.69 Å². The molecule has 0 atom stereocenters. The van der Waals surface area contributed by atoms with E-state index in [0.29, 0.717) is 5.56 Å². The summed E-state index contributed by atoms with van der Waals surface area (Å²) >= 11 is 0. The number of hydrogen-bond donors (Lipinski definition) is 1. The Morgan fingerprint density at radius 3 is 2.62 bits per heavy atom. The van der Waals surface area contributed by atoms with Gasteiger partial charge in [-0.3, -0.25) is 14.9 Å². The first-order chi connectivity index (χ1) is 6.06. The summed E-state index contributed by atoms with van der Waals surface area (Å²) in [5, 5.41) is 19.4. The minimum Gasteiger partial charge on any atom is -0.502 e. The molecule has 0 saturated heterocycles. The fourth-order valence-electron chi connectivity index (χ4n) is 0.937. The largest absolute Gasteiger partial charge is 0.502 e. The SMILES string of the molecule is Cc1cc(O)c([N+](=O)[O-])cc1[C]=O. The van der Waals surface area contributed by atoms with Crippen molar-refractivity contribution in [2.45, 2.75) is 6.92 Å². The molecule has 1 radical (unpaired) electrons.